The molecule has 0 saturated carbocycles. The molecule has 74 valence electrons. The van der Waals surface area contributed by atoms with Crippen LogP contribution in [0.1, 0.15) is 24.3 Å². The molecule has 0 aliphatic carbocycles. The predicted octanol–water partition coefficient (Wildman–Crippen LogP) is 2.27. The van der Waals surface area contributed by atoms with Crippen LogP contribution >= 0.6 is 11.3 Å². The number of nitrogens with two attached hydrogens (primary N) is 1. The summed E-state index contributed by atoms with van der Waals surface area (Å²) in [5.74, 6) is 0. The molecule has 3 heteroatoms. The van der Waals surface area contributed by atoms with Gasteiger partial charge in [0, 0.05) is 11.5 Å². The van der Waals surface area contributed by atoms with Gasteiger partial charge in [-0.25, -0.2) is 0 Å². The van der Waals surface area contributed by atoms with Crippen molar-refractivity contribution in [2.45, 2.75) is 26.3 Å². The fourth-order valence-corrected chi connectivity index (χ4v) is 2.21. The Labute approximate surface area is 83.7 Å². The lowest BCUT2D eigenvalue weighted by Gasteiger charge is -2.24. The fraction of sp³-hybridized carbons (Fsp3) is 0.600. The molecular weight excluding hydrogens is 182 g/mol. The van der Waals surface area contributed by atoms with Gasteiger partial charge in [-0.15, -0.1) is 11.3 Å². The molecule has 0 spiro atoms. The molecule has 1 heterocycles. The standard InChI is InChI=1S/C10H17NOS/c1-4-12-7-10(3,11)9-5-6-13-8(9)2/h5-6H,4,7,11H2,1-3H3. The molecule has 0 aliphatic heterocycles. The van der Waals surface area contributed by atoms with E-state index in [4.69, 9.17) is 10.5 Å². The normalized spacial score (nSPS) is 15.7. The van der Waals surface area contributed by atoms with Crippen LogP contribution < -0.4 is 5.73 Å². The largest absolute Gasteiger partial charge is 0.379 e. The van der Waals surface area contributed by atoms with E-state index in [1.807, 2.05) is 13.8 Å². The van der Waals surface area contributed by atoms with Gasteiger partial charge < -0.3 is 10.5 Å². The van der Waals surface area contributed by atoms with Crippen LogP contribution in [0, 0.1) is 6.92 Å². The van der Waals surface area contributed by atoms with Crippen molar-refractivity contribution in [3.63, 3.8) is 0 Å². The molecule has 1 aromatic heterocycles. The Morgan fingerprint density at radius 1 is 1.62 bits per heavy atom. The summed E-state index contributed by atoms with van der Waals surface area (Å²) in [5, 5.41) is 2.07. The van der Waals surface area contributed by atoms with Crippen LogP contribution in [0.5, 0.6) is 0 Å². The number of rotatable bonds is 4. The van der Waals surface area contributed by atoms with Crippen molar-refractivity contribution in [1.82, 2.24) is 0 Å². The number of thiophene rings is 1. The van der Waals surface area contributed by atoms with E-state index in [0.717, 1.165) is 6.61 Å². The third kappa shape index (κ3) is 2.53. The van der Waals surface area contributed by atoms with Gasteiger partial charge in [0.05, 0.1) is 12.1 Å². The molecule has 2 N–H and O–H groups in total. The first-order chi connectivity index (χ1) is 6.08. The van der Waals surface area contributed by atoms with Gasteiger partial charge in [0.1, 0.15) is 0 Å². The van der Waals surface area contributed by atoms with Crippen molar-refractivity contribution < 1.29 is 4.74 Å². The lowest BCUT2D eigenvalue weighted by Crippen LogP contribution is -2.38. The summed E-state index contributed by atoms with van der Waals surface area (Å²) < 4.78 is 5.36. The highest BCUT2D eigenvalue weighted by Gasteiger charge is 2.23. The second-order valence-corrected chi connectivity index (χ2v) is 4.57. The van der Waals surface area contributed by atoms with Crippen LogP contribution in [0.4, 0.5) is 0 Å². The lowest BCUT2D eigenvalue weighted by molar-refractivity contribution is 0.101. The van der Waals surface area contributed by atoms with E-state index in [-0.39, 0.29) is 5.54 Å². The van der Waals surface area contributed by atoms with Crippen LogP contribution in [-0.2, 0) is 10.3 Å². The van der Waals surface area contributed by atoms with Crippen molar-refractivity contribution in [2.24, 2.45) is 5.73 Å². The summed E-state index contributed by atoms with van der Waals surface area (Å²) in [7, 11) is 0. The first kappa shape index (κ1) is 10.7. The van der Waals surface area contributed by atoms with Gasteiger partial charge in [0.2, 0.25) is 0 Å². The molecule has 0 aliphatic rings. The second-order valence-electron chi connectivity index (χ2n) is 3.45. The van der Waals surface area contributed by atoms with Gasteiger partial charge in [0.25, 0.3) is 0 Å². The van der Waals surface area contributed by atoms with Gasteiger partial charge in [0.15, 0.2) is 0 Å². The third-order valence-corrected chi connectivity index (χ3v) is 2.93. The van der Waals surface area contributed by atoms with E-state index >= 15 is 0 Å². The first-order valence-electron chi connectivity index (χ1n) is 4.49. The highest BCUT2D eigenvalue weighted by Crippen LogP contribution is 2.25. The SMILES string of the molecule is CCOCC(C)(N)c1ccsc1C. The van der Waals surface area contributed by atoms with Crippen LogP contribution in [0.15, 0.2) is 11.4 Å². The Kier molecular flexibility index (Phi) is 3.47. The van der Waals surface area contributed by atoms with Crippen molar-refractivity contribution >= 4 is 11.3 Å². The molecule has 0 saturated heterocycles. The number of aryl methyl sites for hydroxylation is 1. The molecule has 1 unspecified atom stereocenters. The highest BCUT2D eigenvalue weighted by molar-refractivity contribution is 7.10. The van der Waals surface area contributed by atoms with E-state index in [1.54, 1.807) is 11.3 Å². The number of ether oxygens (including phenoxy) is 1. The van der Waals surface area contributed by atoms with E-state index in [0.29, 0.717) is 6.61 Å². The van der Waals surface area contributed by atoms with Gasteiger partial charge in [-0.1, -0.05) is 0 Å². The minimum absolute atomic E-state index is 0.347. The lowest BCUT2D eigenvalue weighted by atomic mass is 9.95. The molecule has 13 heavy (non-hydrogen) atoms. The smallest absolute Gasteiger partial charge is 0.0685 e. The van der Waals surface area contributed by atoms with Gasteiger partial charge >= 0.3 is 0 Å². The van der Waals surface area contributed by atoms with Crippen LogP contribution in [0.25, 0.3) is 0 Å². The highest BCUT2D eigenvalue weighted by atomic mass is 32.1. The molecule has 1 rings (SSSR count). The zero-order chi connectivity index (χ0) is 9.90. The molecule has 1 atom stereocenters. The van der Waals surface area contributed by atoms with Crippen molar-refractivity contribution in [3.05, 3.63) is 21.9 Å². The average molecular weight is 199 g/mol. The summed E-state index contributed by atoms with van der Waals surface area (Å²) in [6, 6.07) is 2.08. The summed E-state index contributed by atoms with van der Waals surface area (Å²) in [6.45, 7) is 7.39. The topological polar surface area (TPSA) is 35.2 Å². The minimum atomic E-state index is -0.347. The van der Waals surface area contributed by atoms with E-state index in [2.05, 4.69) is 18.4 Å². The summed E-state index contributed by atoms with van der Waals surface area (Å²) >= 11 is 1.73. The zero-order valence-electron chi connectivity index (χ0n) is 8.46. The fourth-order valence-electron chi connectivity index (χ4n) is 1.37. The maximum atomic E-state index is 6.15. The number of hydrogen-bond donors (Lipinski definition) is 1. The number of hydrogen-bond acceptors (Lipinski definition) is 3. The van der Waals surface area contributed by atoms with E-state index in [9.17, 15) is 0 Å². The van der Waals surface area contributed by atoms with Crippen LogP contribution in [0.3, 0.4) is 0 Å². The maximum absolute atomic E-state index is 6.15. The van der Waals surface area contributed by atoms with Gasteiger partial charge in [-0.2, -0.15) is 0 Å². The molecule has 0 radical (unpaired) electrons. The van der Waals surface area contributed by atoms with Crippen molar-refractivity contribution in [2.75, 3.05) is 13.2 Å². The Hall–Kier alpha value is -0.380. The van der Waals surface area contributed by atoms with E-state index < -0.39 is 0 Å². The Balaban J connectivity index is 2.74. The third-order valence-electron chi connectivity index (χ3n) is 2.08. The molecule has 0 bridgehead atoms. The first-order valence-corrected chi connectivity index (χ1v) is 5.37. The quantitative estimate of drug-likeness (QED) is 0.807. The summed E-state index contributed by atoms with van der Waals surface area (Å²) in [4.78, 5) is 1.28. The van der Waals surface area contributed by atoms with Gasteiger partial charge in [-0.3, -0.25) is 0 Å². The average Bonchev–Trinajstić information content (AvgIpc) is 2.48. The Morgan fingerprint density at radius 2 is 2.31 bits per heavy atom. The van der Waals surface area contributed by atoms with Crippen LogP contribution in [-0.4, -0.2) is 13.2 Å². The monoisotopic (exact) mass is 199 g/mol. The minimum Gasteiger partial charge on any atom is -0.379 e. The molecule has 2 nitrogen and oxygen atoms in total. The van der Waals surface area contributed by atoms with Crippen molar-refractivity contribution in [1.29, 1.82) is 0 Å². The molecule has 0 fully saturated rings. The van der Waals surface area contributed by atoms with Crippen molar-refractivity contribution in [3.8, 4) is 0 Å². The Bertz CT molecular complexity index is 268. The summed E-state index contributed by atoms with van der Waals surface area (Å²) in [6.07, 6.45) is 0. The predicted molar refractivity (Wildman–Crippen MR) is 57.1 cm³/mol. The Morgan fingerprint density at radius 3 is 2.77 bits per heavy atom. The van der Waals surface area contributed by atoms with E-state index in [1.165, 1.54) is 10.4 Å². The molecule has 1 aromatic rings. The molecule has 0 aromatic carbocycles. The van der Waals surface area contributed by atoms with Crippen LogP contribution in [0.2, 0.25) is 0 Å². The second kappa shape index (κ2) is 4.22. The maximum Gasteiger partial charge on any atom is 0.0685 e. The molecule has 0 amide bonds. The summed E-state index contributed by atoms with van der Waals surface area (Å²) in [5.41, 5.74) is 7.00. The zero-order valence-corrected chi connectivity index (χ0v) is 9.28. The van der Waals surface area contributed by atoms with Gasteiger partial charge in [-0.05, 0) is 37.8 Å². The molecular formula is C10H17NOS.